The molecule has 8 nitrogen and oxygen atoms in total. The van der Waals surface area contributed by atoms with E-state index in [-0.39, 0.29) is 12.0 Å². The van der Waals surface area contributed by atoms with Gasteiger partial charge in [0, 0.05) is 49.2 Å². The monoisotopic (exact) mass is 421 g/mol. The van der Waals surface area contributed by atoms with Crippen molar-refractivity contribution in [1.29, 1.82) is 5.41 Å². The van der Waals surface area contributed by atoms with Gasteiger partial charge in [0.2, 0.25) is 0 Å². The Hall–Kier alpha value is -3.39. The molecule has 0 aromatic carbocycles. The molecule has 0 aromatic rings. The summed E-state index contributed by atoms with van der Waals surface area (Å²) in [7, 11) is 0. The van der Waals surface area contributed by atoms with Gasteiger partial charge >= 0.3 is 0 Å². The topological polar surface area (TPSA) is 134 Å². The van der Waals surface area contributed by atoms with Gasteiger partial charge in [-0.05, 0) is 48.6 Å². The Labute approximate surface area is 183 Å². The maximum Gasteiger partial charge on any atom is 0.132 e. The first kappa shape index (κ1) is 22.3. The Balaban J connectivity index is 1.72. The van der Waals surface area contributed by atoms with Crippen LogP contribution in [-0.4, -0.2) is 37.5 Å². The van der Waals surface area contributed by atoms with Crippen molar-refractivity contribution in [3.05, 3.63) is 70.6 Å². The molecule has 0 radical (unpaired) electrons. The highest BCUT2D eigenvalue weighted by molar-refractivity contribution is 5.97. The Kier molecular flexibility index (Phi) is 7.61. The molecular weight excluding hydrogens is 390 g/mol. The smallest absolute Gasteiger partial charge is 0.132 e. The van der Waals surface area contributed by atoms with Crippen molar-refractivity contribution in [1.82, 2.24) is 10.6 Å². The molecule has 7 N–H and O–H groups in total. The Morgan fingerprint density at radius 1 is 1.26 bits per heavy atom. The number of hydrogen-bond donors (Lipinski definition) is 5. The van der Waals surface area contributed by atoms with E-state index < -0.39 is 0 Å². The van der Waals surface area contributed by atoms with Gasteiger partial charge in [-0.15, -0.1) is 0 Å². The highest BCUT2D eigenvalue weighted by Crippen LogP contribution is 2.23. The normalized spacial score (nSPS) is 20.9. The van der Waals surface area contributed by atoms with E-state index in [9.17, 15) is 0 Å². The molecule has 0 aromatic heterocycles. The van der Waals surface area contributed by atoms with Gasteiger partial charge < -0.3 is 32.2 Å². The SMILES string of the molecule is CC(C)C(C=N)=CC(N)=NC1=CC=C2NC=C(C(C=NC3CCOCC3)=CN)C=C2N1. The third kappa shape index (κ3) is 6.05. The van der Waals surface area contributed by atoms with Crippen LogP contribution in [0.1, 0.15) is 26.7 Å². The summed E-state index contributed by atoms with van der Waals surface area (Å²) in [6.45, 7) is 5.53. The Morgan fingerprint density at radius 3 is 2.71 bits per heavy atom. The number of nitrogens with zero attached hydrogens (tertiary/aromatic N) is 2. The zero-order chi connectivity index (χ0) is 22.2. The molecule has 31 heavy (non-hydrogen) atoms. The predicted molar refractivity (Wildman–Crippen MR) is 127 cm³/mol. The molecule has 1 fully saturated rings. The van der Waals surface area contributed by atoms with Gasteiger partial charge in [0.15, 0.2) is 0 Å². The number of fused-ring (bicyclic) bond motifs is 1. The van der Waals surface area contributed by atoms with E-state index in [1.807, 2.05) is 44.5 Å². The number of hydrogen-bond acceptors (Lipinski definition) is 7. The average Bonchev–Trinajstić information content (AvgIpc) is 2.78. The van der Waals surface area contributed by atoms with E-state index in [4.69, 9.17) is 21.6 Å². The molecule has 0 spiro atoms. The fourth-order valence-corrected chi connectivity index (χ4v) is 3.27. The molecular formula is C23H31N7O. The molecule has 0 aliphatic carbocycles. The lowest BCUT2D eigenvalue weighted by Crippen LogP contribution is -2.27. The van der Waals surface area contributed by atoms with Crippen LogP contribution in [0.15, 0.2) is 80.6 Å². The van der Waals surface area contributed by atoms with Crippen LogP contribution >= 0.6 is 0 Å². The molecule has 8 heteroatoms. The van der Waals surface area contributed by atoms with E-state index >= 15 is 0 Å². The highest BCUT2D eigenvalue weighted by Gasteiger charge is 2.17. The molecule has 0 unspecified atom stereocenters. The second-order valence-electron chi connectivity index (χ2n) is 7.78. The first-order valence-electron chi connectivity index (χ1n) is 10.5. The van der Waals surface area contributed by atoms with Crippen molar-refractivity contribution in [3.63, 3.8) is 0 Å². The summed E-state index contributed by atoms with van der Waals surface area (Å²) in [4.78, 5) is 9.12. The minimum Gasteiger partial charge on any atom is -0.404 e. The maximum atomic E-state index is 7.50. The van der Waals surface area contributed by atoms with Gasteiger partial charge in [0.25, 0.3) is 0 Å². The molecule has 3 aliphatic rings. The summed E-state index contributed by atoms with van der Waals surface area (Å²) in [5.74, 6) is 1.16. The van der Waals surface area contributed by atoms with Crippen LogP contribution in [0.4, 0.5) is 0 Å². The molecule has 1 saturated heterocycles. The minimum absolute atomic E-state index is 0.202. The highest BCUT2D eigenvalue weighted by atomic mass is 16.5. The Morgan fingerprint density at radius 2 is 2.03 bits per heavy atom. The van der Waals surface area contributed by atoms with Crippen molar-refractivity contribution in [2.75, 3.05) is 13.2 Å². The number of allylic oxidation sites excluding steroid dienone is 6. The zero-order valence-corrected chi connectivity index (χ0v) is 18.1. The van der Waals surface area contributed by atoms with E-state index in [1.165, 1.54) is 6.21 Å². The molecule has 0 atom stereocenters. The average molecular weight is 422 g/mol. The first-order chi connectivity index (χ1) is 15.0. The van der Waals surface area contributed by atoms with Crippen molar-refractivity contribution >= 4 is 18.3 Å². The van der Waals surface area contributed by atoms with Gasteiger partial charge in [-0.1, -0.05) is 13.8 Å². The van der Waals surface area contributed by atoms with Crippen LogP contribution in [0.25, 0.3) is 0 Å². The lowest BCUT2D eigenvalue weighted by atomic mass is 10.0. The number of aliphatic imine (C=N–C) groups is 2. The Bertz CT molecular complexity index is 939. The van der Waals surface area contributed by atoms with Crippen LogP contribution in [0.5, 0.6) is 0 Å². The summed E-state index contributed by atoms with van der Waals surface area (Å²) < 4.78 is 5.39. The van der Waals surface area contributed by atoms with Crippen molar-refractivity contribution in [2.45, 2.75) is 32.7 Å². The molecule has 3 aliphatic heterocycles. The fraction of sp³-hybridized carbons (Fsp3) is 0.348. The number of rotatable bonds is 7. The van der Waals surface area contributed by atoms with Gasteiger partial charge in [-0.3, -0.25) is 4.99 Å². The van der Waals surface area contributed by atoms with E-state index in [2.05, 4.69) is 20.6 Å². The van der Waals surface area contributed by atoms with Crippen molar-refractivity contribution < 1.29 is 4.74 Å². The quantitative estimate of drug-likeness (QED) is 0.318. The van der Waals surface area contributed by atoms with Crippen molar-refractivity contribution in [3.8, 4) is 0 Å². The lowest BCUT2D eigenvalue weighted by Gasteiger charge is -2.23. The molecule has 0 bridgehead atoms. The molecule has 164 valence electrons. The van der Waals surface area contributed by atoms with Crippen LogP contribution in [0.3, 0.4) is 0 Å². The number of ether oxygens (including phenoxy) is 1. The summed E-state index contributed by atoms with van der Waals surface area (Å²) in [5.41, 5.74) is 16.3. The number of nitrogens with two attached hydrogens (primary N) is 2. The van der Waals surface area contributed by atoms with Crippen molar-refractivity contribution in [2.24, 2.45) is 27.4 Å². The fourth-order valence-electron chi connectivity index (χ4n) is 3.27. The minimum atomic E-state index is 0.202. The summed E-state index contributed by atoms with van der Waals surface area (Å²) >= 11 is 0. The van der Waals surface area contributed by atoms with Crippen LogP contribution < -0.4 is 22.1 Å². The van der Waals surface area contributed by atoms with Crippen LogP contribution in [0, 0.1) is 11.3 Å². The van der Waals surface area contributed by atoms with Crippen LogP contribution in [-0.2, 0) is 4.74 Å². The maximum absolute atomic E-state index is 7.50. The number of dihydropyridines is 2. The molecule has 3 rings (SSSR count). The molecule has 3 heterocycles. The standard InChI is InChI=1S/C23H31N7O/c1-15(2)16(11-24)10-22(26)30-23-4-3-20-21(29-23)9-17(13-28-20)18(12-25)14-27-19-5-7-31-8-6-19/h3-4,9-15,19,24,28-29H,5-8,25H2,1-2H3,(H2,26,30). The number of nitrogens with one attached hydrogen (secondary N) is 3. The van der Waals surface area contributed by atoms with Crippen LogP contribution in [0.2, 0.25) is 0 Å². The third-order valence-electron chi connectivity index (χ3n) is 5.17. The van der Waals surface area contributed by atoms with E-state index in [0.29, 0.717) is 11.7 Å². The third-order valence-corrected chi connectivity index (χ3v) is 5.17. The van der Waals surface area contributed by atoms with E-state index in [0.717, 1.165) is 54.2 Å². The second-order valence-corrected chi connectivity index (χ2v) is 7.78. The van der Waals surface area contributed by atoms with E-state index in [1.54, 1.807) is 12.3 Å². The van der Waals surface area contributed by atoms with Gasteiger partial charge in [-0.25, -0.2) is 4.99 Å². The number of amidine groups is 1. The first-order valence-corrected chi connectivity index (χ1v) is 10.5. The second kappa shape index (κ2) is 10.6. The van der Waals surface area contributed by atoms with Gasteiger partial charge in [0.1, 0.15) is 11.7 Å². The largest absolute Gasteiger partial charge is 0.404 e. The summed E-state index contributed by atoms with van der Waals surface area (Å²) in [6, 6.07) is 0.272. The molecule has 0 saturated carbocycles. The van der Waals surface area contributed by atoms with Gasteiger partial charge in [-0.2, -0.15) is 0 Å². The summed E-state index contributed by atoms with van der Waals surface area (Å²) in [6.07, 6.45) is 16.0. The summed E-state index contributed by atoms with van der Waals surface area (Å²) in [5, 5.41) is 14.1. The predicted octanol–water partition coefficient (Wildman–Crippen LogP) is 2.37. The van der Waals surface area contributed by atoms with Gasteiger partial charge in [0.05, 0.1) is 17.4 Å². The lowest BCUT2D eigenvalue weighted by molar-refractivity contribution is 0.0872. The molecule has 0 amide bonds. The zero-order valence-electron chi connectivity index (χ0n) is 18.1.